The minimum Gasteiger partial charge on any atom is -0.490 e. The Morgan fingerprint density at radius 1 is 1.08 bits per heavy atom. The number of piperazine rings is 1. The molecule has 3 aromatic heterocycles. The van der Waals surface area contributed by atoms with Gasteiger partial charge in [0.25, 0.3) is 0 Å². The Balaban J connectivity index is 1.29. The largest absolute Gasteiger partial charge is 0.490 e. The van der Waals surface area contributed by atoms with Gasteiger partial charge in [0.1, 0.15) is 5.65 Å². The van der Waals surface area contributed by atoms with Crippen LogP contribution in [0.1, 0.15) is 68.5 Å². The second-order valence-corrected chi connectivity index (χ2v) is 15.4. The fourth-order valence-electron chi connectivity index (χ4n) is 7.55. The lowest BCUT2D eigenvalue weighted by Crippen LogP contribution is -2.51. The van der Waals surface area contributed by atoms with Crippen LogP contribution < -0.4 is 9.64 Å². The molecular weight excluding hydrogens is 676 g/mol. The number of pyridine rings is 1. The monoisotopic (exact) mass is 720 g/mol. The van der Waals surface area contributed by atoms with E-state index >= 15 is 4.39 Å². The summed E-state index contributed by atoms with van der Waals surface area (Å²) >= 11 is 1.27. The van der Waals surface area contributed by atoms with Crippen LogP contribution in [0.15, 0.2) is 12.1 Å². The van der Waals surface area contributed by atoms with Gasteiger partial charge < -0.3 is 33.7 Å². The van der Waals surface area contributed by atoms with Gasteiger partial charge in [0, 0.05) is 80.1 Å². The number of anilines is 1. The maximum atomic E-state index is 15.8. The molecule has 4 aromatic rings. The number of halogens is 1. The van der Waals surface area contributed by atoms with Gasteiger partial charge in [0.2, 0.25) is 11.9 Å². The number of rotatable bonds is 7. The smallest absolute Gasteiger partial charge is 0.337 e. The van der Waals surface area contributed by atoms with Crippen molar-refractivity contribution in [2.24, 2.45) is 13.0 Å². The zero-order valence-electron chi connectivity index (χ0n) is 30.0. The molecule has 3 aliphatic rings. The van der Waals surface area contributed by atoms with Crippen LogP contribution in [0.5, 0.6) is 5.75 Å². The van der Waals surface area contributed by atoms with Gasteiger partial charge in [-0.1, -0.05) is 0 Å². The molecule has 51 heavy (non-hydrogen) atoms. The third kappa shape index (κ3) is 6.69. The zero-order valence-corrected chi connectivity index (χ0v) is 30.9. The number of benzene rings is 1. The molecule has 1 atom stereocenters. The summed E-state index contributed by atoms with van der Waals surface area (Å²) in [5.41, 5.74) is 4.17. The van der Waals surface area contributed by atoms with E-state index in [1.54, 1.807) is 6.92 Å². The van der Waals surface area contributed by atoms with E-state index in [9.17, 15) is 14.7 Å². The van der Waals surface area contributed by atoms with E-state index in [2.05, 4.69) is 4.90 Å². The normalized spacial score (nSPS) is 17.8. The van der Waals surface area contributed by atoms with Crippen molar-refractivity contribution in [1.29, 1.82) is 0 Å². The number of nitrogens with zero attached hydrogens (tertiary/aromatic N) is 6. The number of carbonyl (C=O) groups is 2. The first-order chi connectivity index (χ1) is 24.3. The number of carbonyl (C=O) groups excluding carboxylic acids is 1. The fraction of sp³-hybridized carbons (Fsp3) is 0.541. The first-order valence-electron chi connectivity index (χ1n) is 17.6. The zero-order chi connectivity index (χ0) is 36.2. The summed E-state index contributed by atoms with van der Waals surface area (Å²) in [4.78, 5) is 39.9. The van der Waals surface area contributed by atoms with Crippen molar-refractivity contribution in [2.75, 3.05) is 50.9 Å². The number of aliphatic carboxylic acids is 1. The molecule has 2 fully saturated rings. The highest BCUT2D eigenvalue weighted by Gasteiger charge is 2.35. The second-order valence-electron chi connectivity index (χ2n) is 14.6. The van der Waals surface area contributed by atoms with Crippen LogP contribution in [0.3, 0.4) is 0 Å². The minimum atomic E-state index is -1.36. The van der Waals surface area contributed by atoms with Gasteiger partial charge in [-0.2, -0.15) is 9.36 Å². The van der Waals surface area contributed by atoms with Crippen molar-refractivity contribution in [1.82, 2.24) is 23.8 Å². The van der Waals surface area contributed by atoms with Crippen LogP contribution >= 0.6 is 11.5 Å². The number of fused-ring (bicyclic) bond motifs is 2. The third-order valence-electron chi connectivity index (χ3n) is 10.1. The highest BCUT2D eigenvalue weighted by molar-refractivity contribution is 7.09. The first-order valence-corrected chi connectivity index (χ1v) is 18.4. The number of hydrogen-bond acceptors (Lipinski definition) is 10. The first kappa shape index (κ1) is 35.3. The molecule has 12 nitrogen and oxygen atoms in total. The molecule has 0 radical (unpaired) electrons. The molecule has 0 unspecified atom stereocenters. The lowest BCUT2D eigenvalue weighted by atomic mass is 9.86. The van der Waals surface area contributed by atoms with Gasteiger partial charge in [-0.05, 0) is 95.1 Å². The maximum Gasteiger partial charge on any atom is 0.337 e. The molecule has 272 valence electrons. The molecule has 14 heteroatoms. The molecule has 0 aliphatic carbocycles. The maximum absolute atomic E-state index is 15.8. The Morgan fingerprint density at radius 3 is 2.49 bits per heavy atom. The van der Waals surface area contributed by atoms with Crippen molar-refractivity contribution < 1.29 is 33.3 Å². The number of hydrogen-bond donors (Lipinski definition) is 1. The summed E-state index contributed by atoms with van der Waals surface area (Å²) < 4.78 is 39.8. The van der Waals surface area contributed by atoms with Crippen LogP contribution in [0.4, 0.5) is 10.3 Å². The average molecular weight is 721 g/mol. The topological polar surface area (TPSA) is 132 Å². The molecule has 7 rings (SSSR count). The van der Waals surface area contributed by atoms with Gasteiger partial charge in [0.05, 0.1) is 17.9 Å². The van der Waals surface area contributed by atoms with Crippen molar-refractivity contribution in [3.05, 3.63) is 40.3 Å². The van der Waals surface area contributed by atoms with Crippen LogP contribution in [-0.4, -0.2) is 92.4 Å². The molecule has 0 bridgehead atoms. The van der Waals surface area contributed by atoms with E-state index in [1.807, 2.05) is 50.3 Å². The van der Waals surface area contributed by atoms with E-state index in [-0.39, 0.29) is 17.6 Å². The summed E-state index contributed by atoms with van der Waals surface area (Å²) in [6.07, 6.45) is 1.60. The summed E-state index contributed by atoms with van der Waals surface area (Å²) in [6.45, 7) is 13.3. The minimum absolute atomic E-state index is 0.0316. The third-order valence-corrected chi connectivity index (χ3v) is 10.9. The summed E-state index contributed by atoms with van der Waals surface area (Å²) in [5.74, 6) is -0.547. The Labute approximate surface area is 300 Å². The molecule has 1 N–H and O–H groups in total. The molecule has 0 spiro atoms. The van der Waals surface area contributed by atoms with Crippen LogP contribution in [0.2, 0.25) is 0 Å². The Morgan fingerprint density at radius 2 is 1.80 bits per heavy atom. The molecule has 1 aromatic carbocycles. The Hall–Kier alpha value is -4.14. The number of aryl methyl sites for hydroxylation is 2. The van der Waals surface area contributed by atoms with Crippen molar-refractivity contribution in [3.63, 3.8) is 0 Å². The molecule has 0 saturated carbocycles. The lowest BCUT2D eigenvalue weighted by molar-refractivity contribution is -0.160. The van der Waals surface area contributed by atoms with E-state index in [0.29, 0.717) is 96.8 Å². The quantitative estimate of drug-likeness (QED) is 0.248. The molecule has 3 aliphatic heterocycles. The molecular formula is C37H45FN6O6S. The van der Waals surface area contributed by atoms with Crippen LogP contribution in [0, 0.1) is 25.6 Å². The predicted molar refractivity (Wildman–Crippen MR) is 192 cm³/mol. The molecule has 6 heterocycles. The highest BCUT2D eigenvalue weighted by Crippen LogP contribution is 2.46. The Kier molecular flexibility index (Phi) is 9.52. The van der Waals surface area contributed by atoms with Crippen molar-refractivity contribution in [3.8, 4) is 27.6 Å². The summed E-state index contributed by atoms with van der Waals surface area (Å²) in [5, 5.41) is 11.9. The number of amides is 1. The molecule has 2 saturated heterocycles. The number of ether oxygens (including phenoxy) is 3. The highest BCUT2D eigenvalue weighted by atomic mass is 32.1. The van der Waals surface area contributed by atoms with E-state index in [0.717, 1.165) is 36.1 Å². The summed E-state index contributed by atoms with van der Waals surface area (Å²) in [7, 11) is 1.89. The van der Waals surface area contributed by atoms with Gasteiger partial charge in [0.15, 0.2) is 22.7 Å². The van der Waals surface area contributed by atoms with Crippen LogP contribution in [0.25, 0.3) is 32.9 Å². The van der Waals surface area contributed by atoms with Crippen molar-refractivity contribution in [2.45, 2.75) is 72.0 Å². The molecule has 1 amide bonds. The van der Waals surface area contributed by atoms with Crippen LogP contribution in [-0.2, 0) is 32.5 Å². The standard InChI is InChI=1S/C37H45FN6O6S/c1-20-23-8-7-15-49-30(23)26(38)18-24(20)29-25-19-27(42(6)32(25)39-21(2)28(29)31(35(46)47)50-37(3,4)5)33-40-36(41-51-33)44-13-11-43(12-14-44)34(45)22-9-16-48-17-10-22/h18-19,22,31H,7-17H2,1-6H3,(H,46,47)/t31-/m0/s1. The van der Waals surface area contributed by atoms with E-state index in [1.165, 1.54) is 17.6 Å². The predicted octanol–water partition coefficient (Wildman–Crippen LogP) is 5.86. The fourth-order valence-corrected chi connectivity index (χ4v) is 8.29. The second kappa shape index (κ2) is 13.8. The van der Waals surface area contributed by atoms with Gasteiger partial charge in [-0.25, -0.2) is 14.2 Å². The van der Waals surface area contributed by atoms with E-state index in [4.69, 9.17) is 28.6 Å². The van der Waals surface area contributed by atoms with E-state index < -0.39 is 23.5 Å². The number of carboxylic acid groups (broad SMARTS) is 1. The van der Waals surface area contributed by atoms with Gasteiger partial charge in [-0.3, -0.25) is 4.79 Å². The van der Waals surface area contributed by atoms with Gasteiger partial charge in [-0.15, -0.1) is 0 Å². The summed E-state index contributed by atoms with van der Waals surface area (Å²) in [6, 6.07) is 3.40. The lowest BCUT2D eigenvalue weighted by Gasteiger charge is -2.36. The number of aromatic nitrogens is 4. The van der Waals surface area contributed by atoms with Gasteiger partial charge >= 0.3 is 5.97 Å². The van der Waals surface area contributed by atoms with Crippen molar-refractivity contribution >= 4 is 40.4 Å². The number of carboxylic acids is 1. The average Bonchev–Trinajstić information content (AvgIpc) is 3.73. The SMILES string of the molecule is Cc1nc2c(cc(-c3nc(N4CCN(C(=O)C5CCOCC5)CC4)ns3)n2C)c(-c2cc(F)c3c(c2C)CCCO3)c1[C@H](OC(C)(C)C)C(=O)O. The Bertz CT molecular complexity index is 1990.